The molecule has 0 amide bonds. The number of ether oxygens (including phenoxy) is 1. The summed E-state index contributed by atoms with van der Waals surface area (Å²) in [6, 6.07) is 9.39. The van der Waals surface area contributed by atoms with Crippen LogP contribution in [0.25, 0.3) is 0 Å². The summed E-state index contributed by atoms with van der Waals surface area (Å²) in [6.07, 6.45) is 10.3. The van der Waals surface area contributed by atoms with Gasteiger partial charge in [0.25, 0.3) is 0 Å². The number of hydrogen-bond acceptors (Lipinski definition) is 4. The molecule has 1 aromatic carbocycles. The van der Waals surface area contributed by atoms with Gasteiger partial charge in [0.15, 0.2) is 0 Å². The van der Waals surface area contributed by atoms with Gasteiger partial charge in [-0.1, -0.05) is 37.2 Å². The van der Waals surface area contributed by atoms with E-state index < -0.39 is 0 Å². The summed E-state index contributed by atoms with van der Waals surface area (Å²) in [5.41, 5.74) is 2.18. The monoisotopic (exact) mass is 409 g/mol. The second kappa shape index (κ2) is 7.39. The second-order valence-corrected chi connectivity index (χ2v) is 10.9. The van der Waals surface area contributed by atoms with E-state index in [9.17, 15) is 10.0 Å². The molecule has 4 aliphatic rings. The highest BCUT2D eigenvalue weighted by Crippen LogP contribution is 2.65. The molecule has 0 radical (unpaired) electrons. The summed E-state index contributed by atoms with van der Waals surface area (Å²) < 4.78 is 5.94. The van der Waals surface area contributed by atoms with Crippen molar-refractivity contribution in [3.8, 4) is 0 Å². The molecular formula is C26H35NO3. The minimum absolute atomic E-state index is 0.0563. The number of rotatable bonds is 2. The smallest absolute Gasteiger partial charge is 0.338 e. The predicted octanol–water partition coefficient (Wildman–Crippen LogP) is 6.08. The first kappa shape index (κ1) is 20.1. The lowest BCUT2D eigenvalue weighted by atomic mass is 9.45. The zero-order valence-corrected chi connectivity index (χ0v) is 18.3. The van der Waals surface area contributed by atoms with Gasteiger partial charge in [0.05, 0.1) is 11.3 Å². The van der Waals surface area contributed by atoms with Crippen LogP contribution in [0.5, 0.6) is 0 Å². The van der Waals surface area contributed by atoms with Crippen LogP contribution in [0.15, 0.2) is 35.5 Å². The van der Waals surface area contributed by atoms with E-state index in [-0.39, 0.29) is 17.5 Å². The van der Waals surface area contributed by atoms with Gasteiger partial charge < -0.3 is 9.94 Å². The van der Waals surface area contributed by atoms with Crippen molar-refractivity contribution in [3.05, 3.63) is 35.9 Å². The molecule has 1 aromatic rings. The van der Waals surface area contributed by atoms with Crippen LogP contribution in [0.4, 0.5) is 0 Å². The zero-order valence-electron chi connectivity index (χ0n) is 18.3. The number of hydrogen-bond donors (Lipinski definition) is 1. The highest BCUT2D eigenvalue weighted by molar-refractivity contribution is 5.92. The minimum atomic E-state index is -0.173. The molecule has 4 saturated carbocycles. The van der Waals surface area contributed by atoms with E-state index in [4.69, 9.17) is 4.74 Å². The van der Waals surface area contributed by atoms with Crippen molar-refractivity contribution in [2.45, 2.75) is 77.7 Å². The Hall–Kier alpha value is -1.84. The number of benzene rings is 1. The molecule has 162 valence electrons. The first-order chi connectivity index (χ1) is 14.5. The van der Waals surface area contributed by atoms with Crippen molar-refractivity contribution < 1.29 is 14.7 Å². The zero-order chi connectivity index (χ0) is 20.9. The number of nitrogens with zero attached hydrogens (tertiary/aromatic N) is 1. The Balaban J connectivity index is 1.29. The summed E-state index contributed by atoms with van der Waals surface area (Å²) in [5, 5.41) is 13.2. The van der Waals surface area contributed by atoms with Gasteiger partial charge >= 0.3 is 5.97 Å². The maximum atomic E-state index is 12.5. The van der Waals surface area contributed by atoms with Crippen molar-refractivity contribution in [1.82, 2.24) is 0 Å². The molecule has 0 spiro atoms. The molecule has 4 heteroatoms. The number of oxime groups is 1. The third kappa shape index (κ3) is 3.01. The van der Waals surface area contributed by atoms with Crippen LogP contribution in [-0.2, 0) is 4.74 Å². The summed E-state index contributed by atoms with van der Waals surface area (Å²) >= 11 is 0. The molecule has 1 N–H and O–H groups in total. The Morgan fingerprint density at radius 3 is 2.60 bits per heavy atom. The second-order valence-electron chi connectivity index (χ2n) is 10.9. The number of carbonyl (C=O) groups is 1. The van der Waals surface area contributed by atoms with E-state index in [0.29, 0.717) is 22.8 Å². The maximum absolute atomic E-state index is 12.5. The maximum Gasteiger partial charge on any atom is 0.338 e. The van der Waals surface area contributed by atoms with Crippen molar-refractivity contribution in [2.75, 3.05) is 0 Å². The number of carbonyl (C=O) groups excluding carboxylic acids is 1. The van der Waals surface area contributed by atoms with Gasteiger partial charge in [0.2, 0.25) is 0 Å². The third-order valence-corrected chi connectivity index (χ3v) is 9.76. The number of esters is 1. The van der Waals surface area contributed by atoms with Crippen molar-refractivity contribution in [1.29, 1.82) is 0 Å². The third-order valence-electron chi connectivity index (χ3n) is 9.76. The Morgan fingerprint density at radius 2 is 1.83 bits per heavy atom. The van der Waals surface area contributed by atoms with Crippen molar-refractivity contribution >= 4 is 11.7 Å². The molecule has 0 aromatic heterocycles. The van der Waals surface area contributed by atoms with Crippen LogP contribution in [0.2, 0.25) is 0 Å². The largest absolute Gasteiger partial charge is 0.459 e. The summed E-state index contributed by atoms with van der Waals surface area (Å²) in [5.74, 6) is 2.67. The van der Waals surface area contributed by atoms with Gasteiger partial charge in [0.1, 0.15) is 6.10 Å². The molecule has 0 bridgehead atoms. The Morgan fingerprint density at radius 1 is 1.03 bits per heavy atom. The summed E-state index contributed by atoms with van der Waals surface area (Å²) in [4.78, 5) is 12.5. The van der Waals surface area contributed by atoms with Gasteiger partial charge in [-0.25, -0.2) is 4.79 Å². The van der Waals surface area contributed by atoms with Gasteiger partial charge in [-0.15, -0.1) is 0 Å². The highest BCUT2D eigenvalue weighted by atomic mass is 16.5. The van der Waals surface area contributed by atoms with E-state index >= 15 is 0 Å². The first-order valence-electron chi connectivity index (χ1n) is 11.9. The first-order valence-corrected chi connectivity index (χ1v) is 11.9. The number of fused-ring (bicyclic) bond motifs is 5. The van der Waals surface area contributed by atoms with Gasteiger partial charge in [0, 0.05) is 5.41 Å². The molecule has 4 fully saturated rings. The fourth-order valence-electron chi connectivity index (χ4n) is 8.07. The topological polar surface area (TPSA) is 58.9 Å². The van der Waals surface area contributed by atoms with E-state index in [1.165, 1.54) is 25.7 Å². The van der Waals surface area contributed by atoms with E-state index in [1.54, 1.807) is 0 Å². The molecule has 0 aliphatic heterocycles. The Kier molecular flexibility index (Phi) is 4.95. The molecular weight excluding hydrogens is 374 g/mol. The van der Waals surface area contributed by atoms with Crippen LogP contribution in [0, 0.1) is 34.5 Å². The molecule has 0 saturated heterocycles. The minimum Gasteiger partial charge on any atom is -0.459 e. The fourth-order valence-corrected chi connectivity index (χ4v) is 8.07. The molecule has 4 nitrogen and oxygen atoms in total. The van der Waals surface area contributed by atoms with Crippen LogP contribution in [0.1, 0.15) is 82.0 Å². The van der Waals surface area contributed by atoms with Gasteiger partial charge in [-0.3, -0.25) is 0 Å². The van der Waals surface area contributed by atoms with Crippen molar-refractivity contribution in [2.24, 2.45) is 39.7 Å². The average molecular weight is 410 g/mol. The normalized spacial score (nSPS) is 44.1. The van der Waals surface area contributed by atoms with E-state index in [0.717, 1.165) is 49.7 Å². The average Bonchev–Trinajstić information content (AvgIpc) is 3.11. The molecule has 0 heterocycles. The van der Waals surface area contributed by atoms with E-state index in [1.807, 2.05) is 30.3 Å². The van der Waals surface area contributed by atoms with Crippen LogP contribution < -0.4 is 0 Å². The lowest BCUT2D eigenvalue weighted by Gasteiger charge is -2.60. The lowest BCUT2D eigenvalue weighted by Crippen LogP contribution is -2.54. The summed E-state index contributed by atoms with van der Waals surface area (Å²) in [7, 11) is 0. The molecule has 5 rings (SSSR count). The van der Waals surface area contributed by atoms with Gasteiger partial charge in [-0.05, 0) is 99.0 Å². The van der Waals surface area contributed by atoms with Gasteiger partial charge in [-0.2, -0.15) is 0 Å². The molecule has 7 atom stereocenters. The standard InChI is InChI=1S/C26H35NO3/c1-25-14-12-19(30-24(28)17-6-4-3-5-7-17)16-18(25)8-9-20-21-10-11-23(27-29)26(21,2)15-13-22(20)25/h3-7,18-22,29H,8-16H2,1-2H3/b27-23+/t18-,19+,20-,21-,22-,25-,26-/m0/s1. The van der Waals surface area contributed by atoms with E-state index in [2.05, 4.69) is 19.0 Å². The quantitative estimate of drug-likeness (QED) is 0.365. The predicted molar refractivity (Wildman–Crippen MR) is 117 cm³/mol. The molecule has 4 aliphatic carbocycles. The van der Waals surface area contributed by atoms with Crippen LogP contribution in [0.3, 0.4) is 0 Å². The summed E-state index contributed by atoms with van der Waals surface area (Å²) in [6.45, 7) is 4.88. The fraction of sp³-hybridized carbons (Fsp3) is 0.692. The van der Waals surface area contributed by atoms with Crippen LogP contribution in [-0.4, -0.2) is 23.0 Å². The van der Waals surface area contributed by atoms with Crippen molar-refractivity contribution in [3.63, 3.8) is 0 Å². The lowest BCUT2D eigenvalue weighted by molar-refractivity contribution is -0.116. The SMILES string of the molecule is C[C@]12CC[C@@H](OC(=O)c3ccccc3)C[C@@H]1CC[C@@H]1[C@@H]2CC[C@]2(C)/C(=N/O)CC[C@@H]12. The molecule has 30 heavy (non-hydrogen) atoms. The highest BCUT2D eigenvalue weighted by Gasteiger charge is 2.59. The Bertz CT molecular complexity index is 836. The van der Waals surface area contributed by atoms with Crippen LogP contribution >= 0.6 is 0 Å². The molecule has 0 unspecified atom stereocenters. The Labute approximate surface area is 180 Å².